The van der Waals surface area contributed by atoms with E-state index in [0.717, 1.165) is 0 Å². The molecule has 0 aliphatic rings. The summed E-state index contributed by atoms with van der Waals surface area (Å²) in [5, 5.41) is 34.0. The van der Waals surface area contributed by atoms with Crippen LogP contribution < -0.4 is 27.4 Å². The number of hydrogen-bond donors (Lipinski definition) is 8. The number of aliphatic hydroxyl groups excluding tert-OH is 1. The highest BCUT2D eigenvalue weighted by atomic mass is 16.4. The summed E-state index contributed by atoms with van der Waals surface area (Å²) in [4.78, 5) is 70.4. The van der Waals surface area contributed by atoms with Crippen molar-refractivity contribution in [3.8, 4) is 0 Å². The van der Waals surface area contributed by atoms with Gasteiger partial charge in [-0.1, -0.05) is 13.8 Å². The Hall–Kier alpha value is -3.26. The molecule has 0 saturated carbocycles. The molecule has 0 aromatic heterocycles. The Labute approximate surface area is 184 Å². The van der Waals surface area contributed by atoms with Crippen molar-refractivity contribution in [1.82, 2.24) is 16.0 Å². The maximum atomic E-state index is 12.6. The summed E-state index contributed by atoms with van der Waals surface area (Å²) in [6, 6.07) is -6.06. The standard InChI is InChI=1S/C18H31N5O9/c1-7(2)4-9(19)15(28)23-14(8(3)24)17(30)21-10(5-12(20)25)16(29)22-11(18(31)32)6-13(26)27/h7-11,14,24H,4-6,19H2,1-3H3,(H2,20,25)(H,21,30)(H,22,29)(H,23,28)(H,26,27)(H,31,32). The van der Waals surface area contributed by atoms with Crippen LogP contribution >= 0.6 is 0 Å². The topological polar surface area (TPSA) is 251 Å². The molecule has 10 N–H and O–H groups in total. The smallest absolute Gasteiger partial charge is 0.326 e. The quantitative estimate of drug-likeness (QED) is 0.127. The molecule has 0 bridgehead atoms. The molecule has 14 heteroatoms. The number of carbonyl (C=O) groups excluding carboxylic acids is 4. The van der Waals surface area contributed by atoms with E-state index in [0.29, 0.717) is 6.42 Å². The molecule has 4 amide bonds. The Morgan fingerprint density at radius 1 is 0.812 bits per heavy atom. The van der Waals surface area contributed by atoms with Gasteiger partial charge in [-0.2, -0.15) is 0 Å². The Morgan fingerprint density at radius 2 is 1.34 bits per heavy atom. The molecular formula is C18H31N5O9. The zero-order valence-corrected chi connectivity index (χ0v) is 18.0. The third-order valence-corrected chi connectivity index (χ3v) is 4.16. The zero-order valence-electron chi connectivity index (χ0n) is 18.0. The molecule has 5 atom stereocenters. The Kier molecular flexibility index (Phi) is 11.9. The summed E-state index contributed by atoms with van der Waals surface area (Å²) in [5.41, 5.74) is 10.8. The van der Waals surface area contributed by atoms with Crippen molar-refractivity contribution in [1.29, 1.82) is 0 Å². The second-order valence-corrected chi connectivity index (χ2v) is 7.69. The summed E-state index contributed by atoms with van der Waals surface area (Å²) in [7, 11) is 0. The molecule has 0 radical (unpaired) electrons. The molecule has 0 aromatic rings. The minimum atomic E-state index is -1.84. The van der Waals surface area contributed by atoms with Gasteiger partial charge in [0.1, 0.15) is 18.1 Å². The van der Waals surface area contributed by atoms with Gasteiger partial charge >= 0.3 is 11.9 Å². The first-order chi connectivity index (χ1) is 14.6. The van der Waals surface area contributed by atoms with Crippen LogP contribution in [0.3, 0.4) is 0 Å². The lowest BCUT2D eigenvalue weighted by Gasteiger charge is -2.26. The van der Waals surface area contributed by atoms with E-state index in [4.69, 9.17) is 21.7 Å². The van der Waals surface area contributed by atoms with Crippen LogP contribution in [-0.4, -0.2) is 81.2 Å². The summed E-state index contributed by atoms with van der Waals surface area (Å²) in [6.45, 7) is 4.84. The van der Waals surface area contributed by atoms with Crippen LogP contribution in [0.5, 0.6) is 0 Å². The van der Waals surface area contributed by atoms with Crippen molar-refractivity contribution in [2.45, 2.75) is 70.3 Å². The van der Waals surface area contributed by atoms with Gasteiger partial charge in [0.25, 0.3) is 0 Å². The van der Waals surface area contributed by atoms with E-state index in [2.05, 4.69) is 10.6 Å². The molecule has 0 rings (SSSR count). The predicted octanol–water partition coefficient (Wildman–Crippen LogP) is -3.37. The largest absolute Gasteiger partial charge is 0.481 e. The van der Waals surface area contributed by atoms with Crippen LogP contribution in [0.15, 0.2) is 0 Å². The minimum Gasteiger partial charge on any atom is -0.481 e. The molecule has 0 aliphatic carbocycles. The minimum absolute atomic E-state index is 0.0752. The number of carboxylic acid groups (broad SMARTS) is 2. The second-order valence-electron chi connectivity index (χ2n) is 7.69. The lowest BCUT2D eigenvalue weighted by molar-refractivity contribution is -0.147. The van der Waals surface area contributed by atoms with Crippen LogP contribution in [0.25, 0.3) is 0 Å². The third kappa shape index (κ3) is 10.7. The molecular weight excluding hydrogens is 430 g/mol. The number of rotatable bonds is 14. The SMILES string of the molecule is CC(C)CC(N)C(=O)NC(C(=O)NC(CC(N)=O)C(=O)NC(CC(=O)O)C(=O)O)C(C)O. The van der Waals surface area contributed by atoms with Crippen LogP contribution in [0.1, 0.15) is 40.0 Å². The number of amides is 4. The van der Waals surface area contributed by atoms with Crippen LogP contribution in [-0.2, 0) is 28.8 Å². The van der Waals surface area contributed by atoms with Crippen molar-refractivity contribution in [2.75, 3.05) is 0 Å². The number of aliphatic hydroxyl groups is 1. The van der Waals surface area contributed by atoms with Crippen LogP contribution in [0.4, 0.5) is 0 Å². The number of aliphatic carboxylic acids is 2. The second kappa shape index (κ2) is 13.2. The maximum Gasteiger partial charge on any atom is 0.326 e. The lowest BCUT2D eigenvalue weighted by Crippen LogP contribution is -2.60. The van der Waals surface area contributed by atoms with E-state index in [9.17, 15) is 33.9 Å². The fourth-order valence-corrected chi connectivity index (χ4v) is 2.60. The number of nitrogens with two attached hydrogens (primary N) is 2. The lowest BCUT2D eigenvalue weighted by atomic mass is 10.0. The Bertz CT molecular complexity index is 726. The monoisotopic (exact) mass is 461 g/mol. The first-order valence-electron chi connectivity index (χ1n) is 9.73. The van der Waals surface area contributed by atoms with Crippen molar-refractivity contribution in [2.24, 2.45) is 17.4 Å². The van der Waals surface area contributed by atoms with Gasteiger partial charge in [-0.05, 0) is 19.3 Å². The average molecular weight is 461 g/mol. The maximum absolute atomic E-state index is 12.6. The van der Waals surface area contributed by atoms with Gasteiger partial charge in [0.05, 0.1) is 25.0 Å². The fraction of sp³-hybridized carbons (Fsp3) is 0.667. The van der Waals surface area contributed by atoms with E-state index >= 15 is 0 Å². The van der Waals surface area contributed by atoms with Crippen LogP contribution in [0.2, 0.25) is 0 Å². The first-order valence-corrected chi connectivity index (χ1v) is 9.73. The molecule has 5 unspecified atom stereocenters. The van der Waals surface area contributed by atoms with Gasteiger partial charge in [-0.3, -0.25) is 24.0 Å². The highest BCUT2D eigenvalue weighted by molar-refractivity contribution is 5.96. The fourth-order valence-electron chi connectivity index (χ4n) is 2.60. The van der Waals surface area contributed by atoms with E-state index in [1.54, 1.807) is 0 Å². The average Bonchev–Trinajstić information content (AvgIpc) is 2.62. The summed E-state index contributed by atoms with van der Waals surface area (Å²) >= 11 is 0. The third-order valence-electron chi connectivity index (χ3n) is 4.16. The van der Waals surface area contributed by atoms with E-state index < -0.39 is 78.7 Å². The highest BCUT2D eigenvalue weighted by Crippen LogP contribution is 2.05. The molecule has 0 heterocycles. The van der Waals surface area contributed by atoms with Crippen molar-refractivity contribution >= 4 is 35.6 Å². The number of nitrogens with one attached hydrogen (secondary N) is 3. The molecule has 14 nitrogen and oxygen atoms in total. The number of carbonyl (C=O) groups is 6. The summed E-state index contributed by atoms with van der Waals surface area (Å²) in [6.07, 6.45) is -2.85. The molecule has 182 valence electrons. The van der Waals surface area contributed by atoms with Crippen molar-refractivity contribution < 1.29 is 44.1 Å². The molecule has 0 aromatic carbocycles. The molecule has 0 aliphatic heterocycles. The Balaban J connectivity index is 5.47. The summed E-state index contributed by atoms with van der Waals surface area (Å²) < 4.78 is 0. The number of primary amides is 1. The van der Waals surface area contributed by atoms with Gasteiger partial charge in [0.15, 0.2) is 0 Å². The normalized spacial score (nSPS) is 15.6. The Morgan fingerprint density at radius 3 is 1.75 bits per heavy atom. The van der Waals surface area contributed by atoms with Crippen molar-refractivity contribution in [3.63, 3.8) is 0 Å². The van der Waals surface area contributed by atoms with Crippen LogP contribution in [0, 0.1) is 5.92 Å². The summed E-state index contributed by atoms with van der Waals surface area (Å²) in [5.74, 6) is -7.13. The van der Waals surface area contributed by atoms with Gasteiger partial charge in [0, 0.05) is 0 Å². The van der Waals surface area contributed by atoms with Gasteiger partial charge < -0.3 is 42.7 Å². The van der Waals surface area contributed by atoms with Gasteiger partial charge in [0.2, 0.25) is 23.6 Å². The van der Waals surface area contributed by atoms with Gasteiger partial charge in [-0.25, -0.2) is 4.79 Å². The number of carboxylic acids is 2. The number of hydrogen-bond acceptors (Lipinski definition) is 8. The molecule has 0 fully saturated rings. The first kappa shape index (κ1) is 28.7. The molecule has 32 heavy (non-hydrogen) atoms. The highest BCUT2D eigenvalue weighted by Gasteiger charge is 2.33. The molecule has 0 saturated heterocycles. The molecule has 0 spiro atoms. The van der Waals surface area contributed by atoms with E-state index in [1.165, 1.54) is 6.92 Å². The van der Waals surface area contributed by atoms with Gasteiger partial charge in [-0.15, -0.1) is 0 Å². The zero-order chi connectivity index (χ0) is 25.2. The van der Waals surface area contributed by atoms with E-state index in [-0.39, 0.29) is 5.92 Å². The van der Waals surface area contributed by atoms with Crippen molar-refractivity contribution in [3.05, 3.63) is 0 Å². The predicted molar refractivity (Wildman–Crippen MR) is 109 cm³/mol. The van der Waals surface area contributed by atoms with E-state index in [1.807, 2.05) is 19.2 Å².